The highest BCUT2D eigenvalue weighted by Gasteiger charge is 2.56. The van der Waals surface area contributed by atoms with Crippen LogP contribution in [0.2, 0.25) is 0 Å². The van der Waals surface area contributed by atoms with Crippen molar-refractivity contribution in [2.45, 2.75) is 17.4 Å². The van der Waals surface area contributed by atoms with E-state index in [9.17, 15) is 0 Å². The molecule has 0 saturated carbocycles. The number of hydrogen-bond acceptors (Lipinski definition) is 3. The number of allylic oxidation sites excluding steroid dienone is 4. The Morgan fingerprint density at radius 3 is 2.17 bits per heavy atom. The summed E-state index contributed by atoms with van der Waals surface area (Å²) in [6, 6.07) is 58.9. The van der Waals surface area contributed by atoms with Crippen molar-refractivity contribution in [1.29, 1.82) is 0 Å². The van der Waals surface area contributed by atoms with Gasteiger partial charge in [-0.25, -0.2) is 0 Å². The molecule has 54 heavy (non-hydrogen) atoms. The van der Waals surface area contributed by atoms with Crippen LogP contribution in [0.25, 0.3) is 27.6 Å². The molecule has 4 atom stereocenters. The minimum absolute atomic E-state index is 0.140. The number of nitrogens with one attached hydrogen (secondary N) is 1. The third kappa shape index (κ3) is 4.71. The Balaban J connectivity index is 1.04. The van der Waals surface area contributed by atoms with Gasteiger partial charge in [-0.3, -0.25) is 4.99 Å². The fourth-order valence-electron chi connectivity index (χ4n) is 9.42. The van der Waals surface area contributed by atoms with Crippen molar-refractivity contribution in [3.05, 3.63) is 233 Å². The molecule has 0 fully saturated rings. The van der Waals surface area contributed by atoms with Crippen LogP contribution in [0.1, 0.15) is 50.9 Å². The van der Waals surface area contributed by atoms with E-state index in [0.717, 1.165) is 45.3 Å². The molecule has 0 bridgehead atoms. The van der Waals surface area contributed by atoms with Gasteiger partial charge in [-0.1, -0.05) is 158 Å². The van der Waals surface area contributed by atoms with E-state index in [1.54, 1.807) is 0 Å². The standard InChI is InChI=1S/C51H36N2O/c1-2-14-34(15-3-1)50-52-46(32-47(53-50)39-26-25-33-13-4-5-16-35(33)29-39)38-18-12-17-36(30-38)37-27-28-49-45(31-37)51(44-23-10-11-24-48(44)54-49)42-21-8-6-19-40(42)41-20-7-9-22-43(41)51/h1-32,40,42,47H,(H,52,53). The highest BCUT2D eigenvalue weighted by atomic mass is 16.5. The van der Waals surface area contributed by atoms with E-state index >= 15 is 0 Å². The van der Waals surface area contributed by atoms with Crippen LogP contribution < -0.4 is 10.1 Å². The highest BCUT2D eigenvalue weighted by molar-refractivity contribution is 6.05. The molecule has 256 valence electrons. The molecule has 2 aliphatic carbocycles. The second kappa shape index (κ2) is 12.2. The molecule has 7 aromatic rings. The Bertz CT molecular complexity index is 2760. The van der Waals surface area contributed by atoms with Gasteiger partial charge in [0.1, 0.15) is 17.3 Å². The molecular formula is C51H36N2O. The summed E-state index contributed by atoms with van der Waals surface area (Å²) in [5, 5.41) is 6.17. The molecule has 0 amide bonds. The summed E-state index contributed by atoms with van der Waals surface area (Å²) in [4.78, 5) is 5.25. The van der Waals surface area contributed by atoms with Crippen LogP contribution in [0.4, 0.5) is 0 Å². The number of nitrogens with zero attached hydrogens (tertiary/aromatic N) is 1. The normalized spacial score (nSPS) is 21.6. The number of para-hydroxylation sites is 1. The number of benzene rings is 7. The van der Waals surface area contributed by atoms with Gasteiger partial charge in [0, 0.05) is 34.2 Å². The fraction of sp³-hybridized carbons (Fsp3) is 0.0784. The van der Waals surface area contributed by atoms with E-state index in [1.165, 1.54) is 38.6 Å². The second-order valence-corrected chi connectivity index (χ2v) is 14.7. The zero-order chi connectivity index (χ0) is 35.6. The Hall–Kier alpha value is -6.71. The first-order valence-corrected chi connectivity index (χ1v) is 18.8. The topological polar surface area (TPSA) is 33.6 Å². The average molecular weight is 693 g/mol. The van der Waals surface area contributed by atoms with E-state index in [2.05, 4.69) is 193 Å². The molecule has 0 aromatic heterocycles. The minimum Gasteiger partial charge on any atom is -0.457 e. The maximum Gasteiger partial charge on any atom is 0.133 e. The number of amidine groups is 1. The van der Waals surface area contributed by atoms with Crippen LogP contribution in [0.5, 0.6) is 11.5 Å². The van der Waals surface area contributed by atoms with Gasteiger partial charge in [0.15, 0.2) is 0 Å². The van der Waals surface area contributed by atoms with E-state index < -0.39 is 0 Å². The molecule has 7 aromatic carbocycles. The second-order valence-electron chi connectivity index (χ2n) is 14.7. The fourth-order valence-corrected chi connectivity index (χ4v) is 9.42. The van der Waals surface area contributed by atoms with Gasteiger partial charge >= 0.3 is 0 Å². The first-order chi connectivity index (χ1) is 26.7. The largest absolute Gasteiger partial charge is 0.457 e. The van der Waals surface area contributed by atoms with Crippen LogP contribution in [0.3, 0.4) is 0 Å². The summed E-state index contributed by atoms with van der Waals surface area (Å²) in [6.07, 6.45) is 11.5. The van der Waals surface area contributed by atoms with Crippen LogP contribution >= 0.6 is 0 Å². The zero-order valence-electron chi connectivity index (χ0n) is 29.6. The van der Waals surface area contributed by atoms with Gasteiger partial charge in [0.05, 0.1) is 11.5 Å². The highest BCUT2D eigenvalue weighted by Crippen LogP contribution is 2.64. The molecule has 0 radical (unpaired) electrons. The molecule has 3 heteroatoms. The van der Waals surface area contributed by atoms with Crippen molar-refractivity contribution in [2.24, 2.45) is 10.9 Å². The van der Waals surface area contributed by atoms with Crippen molar-refractivity contribution in [3.8, 4) is 22.6 Å². The molecule has 3 nitrogen and oxygen atoms in total. The van der Waals surface area contributed by atoms with Crippen LogP contribution in [-0.4, -0.2) is 5.84 Å². The number of ether oxygens (including phenoxy) is 1. The lowest BCUT2D eigenvalue weighted by Crippen LogP contribution is -2.37. The summed E-state index contributed by atoms with van der Waals surface area (Å²) in [5.74, 6) is 3.24. The van der Waals surface area contributed by atoms with E-state index in [-0.39, 0.29) is 23.3 Å². The molecule has 0 saturated heterocycles. The zero-order valence-corrected chi connectivity index (χ0v) is 29.6. The van der Waals surface area contributed by atoms with Gasteiger partial charge < -0.3 is 10.1 Å². The van der Waals surface area contributed by atoms with Crippen LogP contribution in [-0.2, 0) is 5.41 Å². The molecule has 2 aliphatic heterocycles. The Kier molecular flexibility index (Phi) is 6.96. The maximum atomic E-state index is 6.73. The molecule has 4 unspecified atom stereocenters. The third-order valence-electron chi connectivity index (χ3n) is 11.8. The van der Waals surface area contributed by atoms with Gasteiger partial charge in [0.25, 0.3) is 0 Å². The number of hydrogen-bond donors (Lipinski definition) is 1. The lowest BCUT2D eigenvalue weighted by molar-refractivity contribution is 0.374. The van der Waals surface area contributed by atoms with Crippen LogP contribution in [0.15, 0.2) is 199 Å². The summed E-state index contributed by atoms with van der Waals surface area (Å²) in [6.45, 7) is 0. The number of fused-ring (bicyclic) bond motifs is 10. The van der Waals surface area contributed by atoms with Gasteiger partial charge in [-0.2, -0.15) is 0 Å². The van der Waals surface area contributed by atoms with Crippen molar-refractivity contribution in [2.75, 3.05) is 0 Å². The predicted molar refractivity (Wildman–Crippen MR) is 220 cm³/mol. The Morgan fingerprint density at radius 1 is 0.519 bits per heavy atom. The molecule has 1 spiro atoms. The van der Waals surface area contributed by atoms with Crippen molar-refractivity contribution in [3.63, 3.8) is 0 Å². The van der Waals surface area contributed by atoms with E-state index in [0.29, 0.717) is 0 Å². The maximum absolute atomic E-state index is 6.73. The predicted octanol–water partition coefficient (Wildman–Crippen LogP) is 11.9. The van der Waals surface area contributed by atoms with Gasteiger partial charge in [0.2, 0.25) is 0 Å². The molecule has 2 heterocycles. The van der Waals surface area contributed by atoms with Gasteiger partial charge in [-0.15, -0.1) is 0 Å². The quantitative estimate of drug-likeness (QED) is 0.199. The lowest BCUT2D eigenvalue weighted by Gasteiger charge is -2.43. The molecule has 4 aliphatic rings. The summed E-state index contributed by atoms with van der Waals surface area (Å²) < 4.78 is 6.73. The van der Waals surface area contributed by atoms with Crippen LogP contribution in [0, 0.1) is 5.92 Å². The monoisotopic (exact) mass is 692 g/mol. The van der Waals surface area contributed by atoms with Gasteiger partial charge in [-0.05, 0) is 80.6 Å². The summed E-state index contributed by atoms with van der Waals surface area (Å²) in [7, 11) is 0. The first-order valence-electron chi connectivity index (χ1n) is 18.8. The van der Waals surface area contributed by atoms with Crippen molar-refractivity contribution in [1.82, 2.24) is 5.32 Å². The first kappa shape index (κ1) is 30.9. The summed E-state index contributed by atoms with van der Waals surface area (Å²) in [5.41, 5.74) is 11.5. The lowest BCUT2D eigenvalue weighted by atomic mass is 9.61. The van der Waals surface area contributed by atoms with Crippen molar-refractivity contribution >= 4 is 22.3 Å². The smallest absolute Gasteiger partial charge is 0.133 e. The molecule has 11 rings (SSSR count). The number of rotatable bonds is 4. The third-order valence-corrected chi connectivity index (χ3v) is 11.8. The Labute approximate surface area is 315 Å². The van der Waals surface area contributed by atoms with E-state index in [1.807, 2.05) is 6.07 Å². The average Bonchev–Trinajstić information content (AvgIpc) is 3.54. The SMILES string of the molecule is C1=CC2c3ccccc3C3(c4ccccc4Oc4ccc(-c5cccc(C6=CC(c7ccc8ccccc8c7)N=C(c7ccccc7)N6)c5)cc43)C2C=C1. The molecular weight excluding hydrogens is 657 g/mol. The molecule has 1 N–H and O–H groups in total. The Morgan fingerprint density at radius 2 is 1.24 bits per heavy atom. The van der Waals surface area contributed by atoms with Crippen molar-refractivity contribution < 1.29 is 4.74 Å². The number of aliphatic imine (C=N–C) groups is 1. The van der Waals surface area contributed by atoms with E-state index in [4.69, 9.17) is 9.73 Å². The summed E-state index contributed by atoms with van der Waals surface area (Å²) >= 11 is 0. The minimum atomic E-state index is -0.387.